The van der Waals surface area contributed by atoms with Crippen LogP contribution in [-0.2, 0) is 14.8 Å². The minimum Gasteiger partial charge on any atom is -0.324 e. The number of hydrogen-bond donors (Lipinski definition) is 2. The fraction of sp³-hybridized carbons (Fsp3) is 0.125. The molecule has 8 heteroatoms. The Morgan fingerprint density at radius 1 is 1.21 bits per heavy atom. The first-order valence-corrected chi connectivity index (χ1v) is 8.99. The van der Waals surface area contributed by atoms with E-state index in [-0.39, 0.29) is 16.6 Å². The number of amidine groups is 1. The van der Waals surface area contributed by atoms with Crippen molar-refractivity contribution in [3.05, 3.63) is 59.1 Å². The number of rotatable bonds is 3. The molecule has 0 aromatic heterocycles. The van der Waals surface area contributed by atoms with Crippen molar-refractivity contribution in [2.24, 2.45) is 4.99 Å². The number of carbonyl (C=O) groups excluding carboxylic acids is 1. The van der Waals surface area contributed by atoms with Crippen LogP contribution in [0.4, 0.5) is 5.69 Å². The molecule has 0 aliphatic carbocycles. The van der Waals surface area contributed by atoms with Crippen molar-refractivity contribution in [1.82, 2.24) is 4.72 Å². The van der Waals surface area contributed by atoms with Gasteiger partial charge < -0.3 is 5.32 Å². The summed E-state index contributed by atoms with van der Waals surface area (Å²) < 4.78 is 26.4. The number of nitrogens with one attached hydrogen (secondary N) is 2. The summed E-state index contributed by atoms with van der Waals surface area (Å²) in [4.78, 5) is 16.6. The Balaban J connectivity index is 1.83. The van der Waals surface area contributed by atoms with Gasteiger partial charge in [0.2, 0.25) is 5.91 Å². The van der Waals surface area contributed by atoms with E-state index in [0.717, 1.165) is 0 Å². The molecule has 3 rings (SSSR count). The highest BCUT2D eigenvalue weighted by Gasteiger charge is 2.31. The van der Waals surface area contributed by atoms with Crippen molar-refractivity contribution in [2.45, 2.75) is 17.9 Å². The topological polar surface area (TPSA) is 87.6 Å². The Morgan fingerprint density at radius 2 is 1.96 bits per heavy atom. The number of anilines is 1. The molecule has 24 heavy (non-hydrogen) atoms. The molecule has 6 nitrogen and oxygen atoms in total. The van der Waals surface area contributed by atoms with Crippen LogP contribution in [0.5, 0.6) is 0 Å². The highest BCUT2D eigenvalue weighted by molar-refractivity contribution is 7.90. The Labute approximate surface area is 144 Å². The molecular formula is C16H14ClN3O3S. The van der Waals surface area contributed by atoms with E-state index >= 15 is 0 Å². The third-order valence-corrected chi connectivity index (χ3v) is 5.09. The molecule has 2 N–H and O–H groups in total. The van der Waals surface area contributed by atoms with E-state index in [1.807, 2.05) is 0 Å². The number of halogens is 1. The summed E-state index contributed by atoms with van der Waals surface area (Å²) in [7, 11) is -3.62. The molecule has 0 saturated carbocycles. The van der Waals surface area contributed by atoms with E-state index in [2.05, 4.69) is 15.0 Å². The Morgan fingerprint density at radius 3 is 2.71 bits per heavy atom. The van der Waals surface area contributed by atoms with Crippen LogP contribution in [0.25, 0.3) is 0 Å². The van der Waals surface area contributed by atoms with Gasteiger partial charge in [0.1, 0.15) is 11.9 Å². The van der Waals surface area contributed by atoms with E-state index in [0.29, 0.717) is 16.3 Å². The second-order valence-electron chi connectivity index (χ2n) is 5.25. The van der Waals surface area contributed by atoms with Crippen molar-refractivity contribution in [3.63, 3.8) is 0 Å². The second kappa shape index (κ2) is 6.26. The van der Waals surface area contributed by atoms with E-state index in [1.165, 1.54) is 6.07 Å². The zero-order chi connectivity index (χ0) is 17.3. The van der Waals surface area contributed by atoms with Gasteiger partial charge in [-0.3, -0.25) is 14.5 Å². The predicted molar refractivity (Wildman–Crippen MR) is 92.8 cm³/mol. The van der Waals surface area contributed by atoms with Gasteiger partial charge in [-0.2, -0.15) is 0 Å². The van der Waals surface area contributed by atoms with Gasteiger partial charge in [0.05, 0.1) is 4.90 Å². The van der Waals surface area contributed by atoms with Crippen molar-refractivity contribution in [3.8, 4) is 0 Å². The van der Waals surface area contributed by atoms with Gasteiger partial charge in [0, 0.05) is 16.3 Å². The highest BCUT2D eigenvalue weighted by atomic mass is 35.5. The average molecular weight is 364 g/mol. The third-order valence-electron chi connectivity index (χ3n) is 3.46. The van der Waals surface area contributed by atoms with Crippen LogP contribution in [0.2, 0.25) is 5.02 Å². The molecule has 0 fully saturated rings. The van der Waals surface area contributed by atoms with Crippen LogP contribution in [0.1, 0.15) is 12.5 Å². The van der Waals surface area contributed by atoms with Gasteiger partial charge in [-0.05, 0) is 37.3 Å². The Kier molecular flexibility index (Phi) is 4.29. The SMILES string of the molecule is C[C@@H](N=C1NS(=O)(=O)c2ccccc21)C(=O)Nc1cccc(Cl)c1. The van der Waals surface area contributed by atoms with E-state index in [4.69, 9.17) is 11.6 Å². The molecule has 0 bridgehead atoms. The molecule has 0 spiro atoms. The van der Waals surface area contributed by atoms with Crippen molar-refractivity contribution in [1.29, 1.82) is 0 Å². The minimum absolute atomic E-state index is 0.159. The number of benzene rings is 2. The number of carbonyl (C=O) groups is 1. The third kappa shape index (κ3) is 3.27. The van der Waals surface area contributed by atoms with Gasteiger partial charge in [0.15, 0.2) is 0 Å². The predicted octanol–water partition coefficient (Wildman–Crippen LogP) is 2.41. The summed E-state index contributed by atoms with van der Waals surface area (Å²) in [6, 6.07) is 12.5. The van der Waals surface area contributed by atoms with Crippen molar-refractivity contribution >= 4 is 39.1 Å². The minimum atomic E-state index is -3.62. The maximum Gasteiger partial charge on any atom is 0.263 e. The first-order valence-electron chi connectivity index (χ1n) is 7.13. The Hall–Kier alpha value is -2.38. The number of hydrogen-bond acceptors (Lipinski definition) is 4. The quantitative estimate of drug-likeness (QED) is 0.877. The molecule has 1 aliphatic rings. The molecule has 2 aromatic rings. The maximum absolute atomic E-state index is 12.2. The second-order valence-corrected chi connectivity index (χ2v) is 7.34. The normalized spacial score (nSPS) is 17.8. The summed E-state index contributed by atoms with van der Waals surface area (Å²) in [5, 5.41) is 3.20. The van der Waals surface area contributed by atoms with Gasteiger partial charge in [-0.15, -0.1) is 0 Å². The molecule has 1 amide bonds. The zero-order valence-electron chi connectivity index (χ0n) is 12.7. The lowest BCUT2D eigenvalue weighted by molar-refractivity contribution is -0.117. The van der Waals surface area contributed by atoms with Crippen LogP contribution in [0.15, 0.2) is 58.4 Å². The summed E-state index contributed by atoms with van der Waals surface area (Å²) in [6.45, 7) is 1.59. The molecule has 124 valence electrons. The fourth-order valence-corrected chi connectivity index (χ4v) is 3.72. The van der Waals surface area contributed by atoms with E-state index in [1.54, 1.807) is 49.4 Å². The molecular weight excluding hydrogens is 350 g/mol. The summed E-state index contributed by atoms with van der Waals surface area (Å²) in [5.41, 5.74) is 1.01. The zero-order valence-corrected chi connectivity index (χ0v) is 14.2. The molecule has 2 aromatic carbocycles. The van der Waals surface area contributed by atoms with Crippen molar-refractivity contribution < 1.29 is 13.2 Å². The van der Waals surface area contributed by atoms with Crippen molar-refractivity contribution in [2.75, 3.05) is 5.32 Å². The first kappa shape index (κ1) is 16.5. The van der Waals surface area contributed by atoms with Crippen LogP contribution < -0.4 is 10.0 Å². The molecule has 1 heterocycles. The summed E-state index contributed by atoms with van der Waals surface area (Å²) in [6.07, 6.45) is 0. The smallest absolute Gasteiger partial charge is 0.263 e. The largest absolute Gasteiger partial charge is 0.324 e. The summed E-state index contributed by atoms with van der Waals surface area (Å²) >= 11 is 5.88. The number of nitrogens with zero attached hydrogens (tertiary/aromatic N) is 1. The van der Waals surface area contributed by atoms with Crippen LogP contribution in [-0.4, -0.2) is 26.2 Å². The van der Waals surface area contributed by atoms with Gasteiger partial charge in [-0.1, -0.05) is 29.8 Å². The molecule has 0 saturated heterocycles. The standard InChI is InChI=1S/C16H14ClN3O3S/c1-10(16(21)19-12-6-4-5-11(17)9-12)18-15-13-7-2-3-8-14(13)24(22,23)20-15/h2-10H,1H3,(H,18,20)(H,19,21)/t10-/m1/s1. The van der Waals surface area contributed by atoms with Gasteiger partial charge >= 0.3 is 0 Å². The van der Waals surface area contributed by atoms with Gasteiger partial charge in [-0.25, -0.2) is 8.42 Å². The molecule has 0 unspecified atom stereocenters. The lowest BCUT2D eigenvalue weighted by Crippen LogP contribution is -2.28. The Bertz CT molecular complexity index is 941. The highest BCUT2D eigenvalue weighted by Crippen LogP contribution is 2.22. The fourth-order valence-electron chi connectivity index (χ4n) is 2.29. The maximum atomic E-state index is 12.2. The summed E-state index contributed by atoms with van der Waals surface area (Å²) in [5.74, 6) is -0.201. The average Bonchev–Trinajstić information content (AvgIpc) is 2.78. The molecule has 0 radical (unpaired) electrons. The van der Waals surface area contributed by atoms with Crippen LogP contribution in [0.3, 0.4) is 0 Å². The molecule has 1 atom stereocenters. The van der Waals surface area contributed by atoms with Crippen LogP contribution in [0, 0.1) is 0 Å². The number of amides is 1. The number of aliphatic imine (C=N–C) groups is 1. The lowest BCUT2D eigenvalue weighted by Gasteiger charge is -2.10. The monoisotopic (exact) mass is 363 g/mol. The van der Waals surface area contributed by atoms with Gasteiger partial charge in [0.25, 0.3) is 10.0 Å². The first-order chi connectivity index (χ1) is 11.4. The van der Waals surface area contributed by atoms with E-state index < -0.39 is 16.1 Å². The molecule has 1 aliphatic heterocycles. The lowest BCUT2D eigenvalue weighted by atomic mass is 10.2. The van der Waals surface area contributed by atoms with E-state index in [9.17, 15) is 13.2 Å². The van der Waals surface area contributed by atoms with Crippen LogP contribution >= 0.6 is 11.6 Å². The number of sulfonamides is 1. The number of fused-ring (bicyclic) bond motifs is 1.